The Morgan fingerprint density at radius 2 is 1.37 bits per heavy atom. The van der Waals surface area contributed by atoms with Gasteiger partial charge < -0.3 is 58.3 Å². The van der Waals surface area contributed by atoms with Crippen molar-refractivity contribution in [1.29, 1.82) is 5.41 Å². The number of anilines is 1. The Morgan fingerprint density at radius 3 is 2.07 bits per heavy atom. The minimum Gasteiger partial charge on any atom is -0.423 e. The number of fused-ring (bicyclic) bond motifs is 20. The Morgan fingerprint density at radius 1 is 0.725 bits per heavy atom. The summed E-state index contributed by atoms with van der Waals surface area (Å²) in [5, 5.41) is 103. The molecule has 0 saturated carbocycles. The van der Waals surface area contributed by atoms with Crippen LogP contribution in [0.5, 0.6) is 0 Å². The summed E-state index contributed by atoms with van der Waals surface area (Å²) in [7, 11) is -2.92. The number of nitro groups is 1. The van der Waals surface area contributed by atoms with Crippen molar-refractivity contribution >= 4 is 143 Å². The molecule has 25 nitrogen and oxygen atoms in total. The lowest BCUT2D eigenvalue weighted by Gasteiger charge is -2.39. The van der Waals surface area contributed by atoms with Gasteiger partial charge in [-0.05, 0) is 309 Å². The number of hydrazone groups is 1. The number of rotatable bonds is 16. The zero-order chi connectivity index (χ0) is 90.5. The molecule has 16 N–H and O–H groups in total. The van der Waals surface area contributed by atoms with Crippen LogP contribution in [-0.4, -0.2) is 121 Å². The summed E-state index contributed by atoms with van der Waals surface area (Å²) in [5.74, 6) is -1.14. The number of amides is 1. The molecule has 0 radical (unpaired) electrons. The quantitative estimate of drug-likeness (QED) is 0.0107. The number of halogens is 3. The number of benzene rings is 3. The molecule has 3 aliphatic heterocycles. The molecule has 8 aliphatic carbocycles. The van der Waals surface area contributed by atoms with Crippen LogP contribution in [0.15, 0.2) is 221 Å². The fraction of sp³-hybridized carbons (Fsp3) is 0.303. The fourth-order valence-corrected chi connectivity index (χ4v) is 23.0. The lowest BCUT2D eigenvalue weighted by molar-refractivity contribution is -0.423. The molecule has 11 heterocycles. The zero-order valence-corrected chi connectivity index (χ0v) is 73.8. The molecule has 11 aliphatic rings. The minimum absolute atomic E-state index is 0.00316. The Kier molecular flexibility index (Phi) is 26.8. The van der Waals surface area contributed by atoms with E-state index in [-0.39, 0.29) is 47.8 Å². The number of hydrogen-bond donors (Lipinski definition) is 14. The van der Waals surface area contributed by atoms with Crippen molar-refractivity contribution in [3.63, 3.8) is 0 Å². The number of dihydropyridines is 1. The predicted octanol–water partition coefficient (Wildman–Crippen LogP) is 16.6. The largest absolute Gasteiger partial charge is 0.499 e. The highest BCUT2D eigenvalue weighted by Crippen LogP contribution is 2.51. The van der Waals surface area contributed by atoms with Crippen molar-refractivity contribution < 1.29 is 43.0 Å². The van der Waals surface area contributed by atoms with E-state index in [2.05, 4.69) is 81.9 Å². The van der Waals surface area contributed by atoms with Gasteiger partial charge in [-0.15, -0.1) is 11.3 Å². The summed E-state index contributed by atoms with van der Waals surface area (Å²) in [6.45, 7) is 3.46. The van der Waals surface area contributed by atoms with Crippen LogP contribution in [0.2, 0.25) is 0 Å². The lowest BCUT2D eigenvalue weighted by Crippen LogP contribution is -2.40. The summed E-state index contributed by atoms with van der Waals surface area (Å²) < 4.78 is 39.7. The Hall–Kier alpha value is -12.8. The molecule has 32 heteroatoms. The molecule has 0 fully saturated rings. The van der Waals surface area contributed by atoms with Gasteiger partial charge in [-0.1, -0.05) is 43.0 Å². The van der Waals surface area contributed by atoms with E-state index < -0.39 is 30.7 Å². The first-order valence-corrected chi connectivity index (χ1v) is 46.8. The average molecular weight is 1800 g/mol. The van der Waals surface area contributed by atoms with Crippen LogP contribution in [-0.2, 0) is 43.3 Å². The van der Waals surface area contributed by atoms with Crippen LogP contribution >= 0.6 is 22.7 Å². The number of H-pyrrole nitrogens is 3. The third-order valence-corrected chi connectivity index (χ3v) is 29.0. The van der Waals surface area contributed by atoms with Gasteiger partial charge in [0.15, 0.2) is 5.83 Å². The number of carbonyl (C=O) groups is 1. The molecule has 0 saturated heterocycles. The van der Waals surface area contributed by atoms with Gasteiger partial charge in [0.1, 0.15) is 0 Å². The number of aromatic nitrogens is 9. The van der Waals surface area contributed by atoms with E-state index in [9.17, 15) is 48.2 Å². The van der Waals surface area contributed by atoms with Crippen LogP contribution in [0.4, 0.5) is 18.9 Å². The van der Waals surface area contributed by atoms with Crippen molar-refractivity contribution in [3.05, 3.63) is 292 Å². The van der Waals surface area contributed by atoms with E-state index in [0.29, 0.717) is 41.7 Å². The van der Waals surface area contributed by atoms with Crippen LogP contribution in [0.3, 0.4) is 0 Å². The maximum atomic E-state index is 13.8. The third-order valence-electron chi connectivity index (χ3n) is 27.1. The monoisotopic (exact) mass is 1800 g/mol. The SMILES string of the molecule is C=CC(=O)N/C=C/C(C/C=C/F)C1Nc2ccc3[nH]ncc3c2C2=C1CCCC2.N/C=C/C(=C\C=C\F)c1nc2ccc3[nH]ncc3c2c2c1CCCC2.N=CC1c2c(nc(-c3ccsc3B(O)O)c3c2CCCC3)C=CC1N.O=[N+]([O-])C1=CC(c2nc3ccc4[nH]ncc4c3c3c2CCCC3)CC=C1F.OB(O)c1ccsc1C1NC2=C(C3=C1CCCC3)C1C=NNC1C=C2. The maximum Gasteiger partial charge on any atom is 0.499 e. The van der Waals surface area contributed by atoms with Crippen molar-refractivity contribution in [2.24, 2.45) is 28.4 Å². The van der Waals surface area contributed by atoms with Crippen LogP contribution in [0.25, 0.3) is 83.0 Å². The first kappa shape index (κ1) is 88.8. The number of nitrogens with zero attached hydrogens (tertiary/aromatic N) is 8. The number of aromatic amines is 3. The topological polar surface area (TPSA) is 402 Å². The molecule has 1 amide bonds. The van der Waals surface area contributed by atoms with E-state index in [1.165, 1.54) is 146 Å². The highest BCUT2D eigenvalue weighted by molar-refractivity contribution is 7.21. The molecule has 0 bridgehead atoms. The number of aryl methyl sites for hydroxylation is 2. The van der Waals surface area contributed by atoms with E-state index >= 15 is 0 Å². The number of thiophene rings is 2. The molecule has 131 heavy (non-hydrogen) atoms. The van der Waals surface area contributed by atoms with E-state index in [1.54, 1.807) is 29.7 Å². The summed E-state index contributed by atoms with van der Waals surface area (Å²) in [6, 6.07) is 15.9. The molecule has 0 spiro atoms. The van der Waals surface area contributed by atoms with Crippen LogP contribution < -0.4 is 43.1 Å². The van der Waals surface area contributed by atoms with E-state index in [0.717, 1.165) is 214 Å². The molecule has 8 aromatic heterocycles. The van der Waals surface area contributed by atoms with Crippen LogP contribution in [0.1, 0.15) is 187 Å². The second kappa shape index (κ2) is 39.5. The van der Waals surface area contributed by atoms with Crippen molar-refractivity contribution in [2.45, 2.75) is 177 Å². The van der Waals surface area contributed by atoms with Gasteiger partial charge >= 0.3 is 19.9 Å². The summed E-state index contributed by atoms with van der Waals surface area (Å²) in [6.07, 6.45) is 56.0. The van der Waals surface area contributed by atoms with Crippen LogP contribution in [0, 0.1) is 27.4 Å². The van der Waals surface area contributed by atoms with Gasteiger partial charge in [-0.25, -0.2) is 18.7 Å². The van der Waals surface area contributed by atoms with Crippen molar-refractivity contribution in [2.75, 3.05) is 5.32 Å². The highest BCUT2D eigenvalue weighted by atomic mass is 32.1. The zero-order valence-electron chi connectivity index (χ0n) is 72.1. The predicted molar refractivity (Wildman–Crippen MR) is 517 cm³/mol. The Bertz CT molecular complexity index is 6760. The molecule has 8 atom stereocenters. The van der Waals surface area contributed by atoms with E-state index in [1.807, 2.05) is 96.3 Å². The Balaban J connectivity index is 0.000000110. The second-order valence-corrected chi connectivity index (χ2v) is 36.4. The molecule has 8 unspecified atom stereocenters. The first-order valence-electron chi connectivity index (χ1n) is 45.0. The van der Waals surface area contributed by atoms with Gasteiger partial charge in [-0.3, -0.25) is 35.2 Å². The molecule has 22 rings (SSSR count). The fourth-order valence-electron chi connectivity index (χ4n) is 21.2. The smallest absolute Gasteiger partial charge is 0.423 e. The minimum atomic E-state index is -1.50. The molecular formula is C99H101B2F3N18O7S2. The Labute approximate surface area is 762 Å². The molecular weight excluding hydrogens is 1700 g/mol. The second-order valence-electron chi connectivity index (χ2n) is 34.5. The molecule has 668 valence electrons. The maximum absolute atomic E-state index is 13.8. The summed E-state index contributed by atoms with van der Waals surface area (Å²) >= 11 is 2.93. The van der Waals surface area contributed by atoms with Gasteiger partial charge in [0.2, 0.25) is 5.91 Å². The van der Waals surface area contributed by atoms with Crippen molar-refractivity contribution in [3.8, 4) is 11.3 Å². The van der Waals surface area contributed by atoms with E-state index in [4.69, 9.17) is 31.8 Å². The number of pyridine rings is 3. The standard InChI is InChI=1S/C23H25FN4O.C20H17FN4O2.C20H19FN4.2C18H20BN3O2S/c1-2-21(29)25-13-11-15(6-5-12-24)23-17-8-4-3-7-16(17)22-18-14-26-28-19(18)9-10-20(22)27-23;21-15-6-5-11(9-18(15)25(26)27)20-13-4-2-1-3-12(13)19-14-10-22-24-16(14)7-8-17(19)23-20;21-10-3-4-13(9-11-22)20-15-6-2-1-5-14(15)19-16-12-23-25-17(16)7-8-18(19)24-20;23-19(24)13-7-8-25-18(13)17-11-4-2-1-3-10(11)16-12-9-20-22-14(12)5-6-15(16)21-17;20-9-13-14(21)5-6-15-16(13)10-3-1-2-4-11(10)17(22-15)12-7-8-25-18(12)19(23)24/h2,5,9-15,23,27H,1,3-4,6-8H2,(H,25,29)(H,26,28);6-11H,1-5H2,(H,22,24);3-4,7-12H,1-2,5-6,22H2,(H,23,25);5-9,12,14,17,21-24H,1-4H2;5-9,13-14,20,23-24H,1-4,21H2/b12-5+,13-11+;;10-3+,11-9+,13-4+;;. The van der Waals surface area contributed by atoms with Crippen molar-refractivity contribution in [1.82, 2.24) is 61.6 Å². The molecule has 3 aromatic carbocycles. The first-order chi connectivity index (χ1) is 64.0. The highest BCUT2D eigenvalue weighted by Gasteiger charge is 2.42. The number of nitrogens with two attached hydrogens (primary N) is 2. The normalized spacial score (nSPS) is 21.2. The summed E-state index contributed by atoms with van der Waals surface area (Å²) in [5.41, 5.74) is 44.1. The van der Waals surface area contributed by atoms with Gasteiger partial charge in [0.25, 0.3) is 0 Å². The number of hydrogen-bond acceptors (Lipinski definition) is 22. The van der Waals surface area contributed by atoms with Gasteiger partial charge in [0, 0.05) is 119 Å². The molecule has 11 aromatic rings. The summed E-state index contributed by atoms with van der Waals surface area (Å²) in [4.78, 5) is 37.7. The third kappa shape index (κ3) is 17.6. The number of nitrogens with one attached hydrogen (secondary N) is 8. The van der Waals surface area contributed by atoms with Gasteiger partial charge in [-0.2, -0.15) is 36.1 Å². The van der Waals surface area contributed by atoms with Gasteiger partial charge in [0.05, 0.1) is 105 Å². The number of allylic oxidation sites excluding steroid dienone is 11. The lowest BCUT2D eigenvalue weighted by atomic mass is 9.71. The number of carbonyl (C=O) groups excluding carboxylic acids is 1. The average Bonchev–Trinajstić information content (AvgIpc) is 1.71.